The number of anilines is 1. The maximum absolute atomic E-state index is 13.0. The zero-order valence-electron chi connectivity index (χ0n) is 12.1. The summed E-state index contributed by atoms with van der Waals surface area (Å²) in [5.41, 5.74) is 1.16. The van der Waals surface area contributed by atoms with Crippen LogP contribution >= 0.6 is 0 Å². The van der Waals surface area contributed by atoms with Gasteiger partial charge in [-0.25, -0.2) is 14.4 Å². The van der Waals surface area contributed by atoms with Crippen molar-refractivity contribution < 1.29 is 13.5 Å². The van der Waals surface area contributed by atoms with Crippen LogP contribution in [0.5, 0.6) is 0 Å². The number of rotatable bonds is 3. The van der Waals surface area contributed by atoms with Gasteiger partial charge in [0.15, 0.2) is 5.82 Å². The second-order valence-electron chi connectivity index (χ2n) is 5.70. The van der Waals surface area contributed by atoms with Gasteiger partial charge in [-0.1, -0.05) is 0 Å². The highest BCUT2D eigenvalue weighted by Crippen LogP contribution is 2.26. The van der Waals surface area contributed by atoms with Gasteiger partial charge in [0.05, 0.1) is 43.7 Å². The molecule has 6 nitrogen and oxygen atoms in total. The summed E-state index contributed by atoms with van der Waals surface area (Å²) in [6.07, 6.45) is 6.02. The van der Waals surface area contributed by atoms with Crippen molar-refractivity contribution in [3.63, 3.8) is 0 Å². The van der Waals surface area contributed by atoms with Crippen LogP contribution in [0.2, 0.25) is 0 Å². The summed E-state index contributed by atoms with van der Waals surface area (Å²) in [6, 6.07) is 2.18. The molecular formula is C15H17FN4O2. The van der Waals surface area contributed by atoms with Crippen LogP contribution in [0.3, 0.4) is 0 Å². The normalized spacial score (nSPS) is 25.4. The summed E-state index contributed by atoms with van der Waals surface area (Å²) in [7, 11) is 0. The monoisotopic (exact) mass is 304 g/mol. The number of morpholine rings is 1. The summed E-state index contributed by atoms with van der Waals surface area (Å²) >= 11 is 0. The molecule has 2 saturated heterocycles. The molecule has 0 N–H and O–H groups in total. The van der Waals surface area contributed by atoms with Gasteiger partial charge in [0.1, 0.15) is 0 Å². The van der Waals surface area contributed by atoms with Gasteiger partial charge in [-0.3, -0.25) is 4.90 Å². The molecule has 2 aromatic rings. The fourth-order valence-electron chi connectivity index (χ4n) is 3.24. The van der Waals surface area contributed by atoms with Crippen molar-refractivity contribution >= 4 is 5.95 Å². The molecule has 0 aromatic carbocycles. The molecule has 2 fully saturated rings. The lowest BCUT2D eigenvalue weighted by molar-refractivity contribution is 0.0300. The van der Waals surface area contributed by atoms with E-state index in [-0.39, 0.29) is 12.1 Å². The molecule has 0 amide bonds. The first-order valence-corrected chi connectivity index (χ1v) is 7.39. The molecule has 116 valence electrons. The van der Waals surface area contributed by atoms with Gasteiger partial charge in [-0.15, -0.1) is 0 Å². The number of furan rings is 1. The highest BCUT2D eigenvalue weighted by atomic mass is 19.1. The molecule has 2 atom stereocenters. The zero-order chi connectivity index (χ0) is 14.9. The summed E-state index contributed by atoms with van der Waals surface area (Å²) < 4.78 is 24.0. The van der Waals surface area contributed by atoms with Crippen LogP contribution in [-0.4, -0.2) is 53.3 Å². The van der Waals surface area contributed by atoms with Crippen molar-refractivity contribution in [2.24, 2.45) is 0 Å². The first kappa shape index (κ1) is 13.7. The number of likely N-dealkylation sites (tertiary alicyclic amines) is 1. The number of hydrogen-bond acceptors (Lipinski definition) is 6. The Labute approximate surface area is 127 Å². The Morgan fingerprint density at radius 3 is 2.91 bits per heavy atom. The average molecular weight is 304 g/mol. The van der Waals surface area contributed by atoms with Crippen molar-refractivity contribution in [2.45, 2.75) is 18.7 Å². The molecule has 4 heterocycles. The molecular weight excluding hydrogens is 287 g/mol. The van der Waals surface area contributed by atoms with E-state index in [4.69, 9.17) is 9.15 Å². The molecule has 7 heteroatoms. The Hall–Kier alpha value is -1.99. The van der Waals surface area contributed by atoms with E-state index in [0.29, 0.717) is 12.6 Å². The smallest absolute Gasteiger partial charge is 0.225 e. The Morgan fingerprint density at radius 2 is 2.14 bits per heavy atom. The molecule has 2 aromatic heterocycles. The van der Waals surface area contributed by atoms with E-state index in [1.807, 2.05) is 6.07 Å². The van der Waals surface area contributed by atoms with E-state index < -0.39 is 5.82 Å². The van der Waals surface area contributed by atoms with E-state index in [0.717, 1.165) is 31.7 Å². The molecule has 2 aliphatic rings. The molecule has 0 unspecified atom stereocenters. The lowest BCUT2D eigenvalue weighted by Gasteiger charge is -2.36. The summed E-state index contributed by atoms with van der Waals surface area (Å²) in [5, 5.41) is 0. The van der Waals surface area contributed by atoms with Gasteiger partial charge < -0.3 is 14.1 Å². The first-order chi connectivity index (χ1) is 10.8. The Kier molecular flexibility index (Phi) is 3.51. The number of ether oxygens (including phenoxy) is 1. The number of nitrogens with zero attached hydrogens (tertiary/aromatic N) is 4. The lowest BCUT2D eigenvalue weighted by atomic mass is 10.1. The van der Waals surface area contributed by atoms with E-state index in [1.165, 1.54) is 12.4 Å². The third-order valence-corrected chi connectivity index (χ3v) is 4.23. The Bertz CT molecular complexity index is 619. The minimum absolute atomic E-state index is 0.134. The highest BCUT2D eigenvalue weighted by molar-refractivity contribution is 5.33. The molecule has 0 radical (unpaired) electrons. The third-order valence-electron chi connectivity index (χ3n) is 4.23. The Balaban J connectivity index is 1.50. The number of aromatic nitrogens is 2. The van der Waals surface area contributed by atoms with Crippen LogP contribution in [0, 0.1) is 5.82 Å². The topological polar surface area (TPSA) is 54.6 Å². The molecule has 0 aliphatic carbocycles. The molecule has 0 bridgehead atoms. The average Bonchev–Trinajstić information content (AvgIpc) is 3.17. The number of halogens is 1. The lowest BCUT2D eigenvalue weighted by Crippen LogP contribution is -2.51. The second kappa shape index (κ2) is 5.66. The van der Waals surface area contributed by atoms with E-state index >= 15 is 0 Å². The summed E-state index contributed by atoms with van der Waals surface area (Å²) in [6.45, 7) is 3.95. The fraction of sp³-hybridized carbons (Fsp3) is 0.467. The largest absolute Gasteiger partial charge is 0.472 e. The van der Waals surface area contributed by atoms with Crippen LogP contribution in [-0.2, 0) is 11.3 Å². The van der Waals surface area contributed by atoms with E-state index in [9.17, 15) is 4.39 Å². The molecule has 0 saturated carbocycles. The Morgan fingerprint density at radius 1 is 1.27 bits per heavy atom. The first-order valence-electron chi connectivity index (χ1n) is 7.39. The van der Waals surface area contributed by atoms with E-state index in [1.54, 1.807) is 12.5 Å². The van der Waals surface area contributed by atoms with Gasteiger partial charge in [0.25, 0.3) is 0 Å². The summed E-state index contributed by atoms with van der Waals surface area (Å²) in [4.78, 5) is 12.7. The second-order valence-corrected chi connectivity index (χ2v) is 5.70. The summed E-state index contributed by atoms with van der Waals surface area (Å²) in [5.74, 6) is 0.159. The third kappa shape index (κ3) is 2.57. The van der Waals surface area contributed by atoms with Gasteiger partial charge in [0.2, 0.25) is 5.95 Å². The van der Waals surface area contributed by atoms with Gasteiger partial charge >= 0.3 is 0 Å². The molecule has 0 spiro atoms. The van der Waals surface area contributed by atoms with Gasteiger partial charge in [-0.05, 0) is 6.07 Å². The van der Waals surface area contributed by atoms with Crippen LogP contribution < -0.4 is 4.90 Å². The fourth-order valence-corrected chi connectivity index (χ4v) is 3.24. The molecule has 4 rings (SSSR count). The quantitative estimate of drug-likeness (QED) is 0.852. The number of fused-ring (bicyclic) bond motifs is 1. The van der Waals surface area contributed by atoms with E-state index in [2.05, 4.69) is 19.8 Å². The van der Waals surface area contributed by atoms with Crippen LogP contribution in [0.4, 0.5) is 10.3 Å². The predicted octanol–water partition coefficient (Wildman–Crippen LogP) is 1.30. The highest BCUT2D eigenvalue weighted by Gasteiger charge is 2.41. The van der Waals surface area contributed by atoms with Crippen molar-refractivity contribution in [2.75, 3.05) is 31.1 Å². The van der Waals surface area contributed by atoms with Crippen LogP contribution in [0.25, 0.3) is 0 Å². The van der Waals surface area contributed by atoms with Crippen molar-refractivity contribution in [3.8, 4) is 0 Å². The minimum Gasteiger partial charge on any atom is -0.472 e. The van der Waals surface area contributed by atoms with Gasteiger partial charge in [0, 0.05) is 31.7 Å². The number of hydrogen-bond donors (Lipinski definition) is 0. The van der Waals surface area contributed by atoms with Crippen LogP contribution in [0.1, 0.15) is 5.56 Å². The maximum atomic E-state index is 13.0. The molecule has 2 aliphatic heterocycles. The van der Waals surface area contributed by atoms with Crippen molar-refractivity contribution in [3.05, 3.63) is 42.4 Å². The zero-order valence-corrected chi connectivity index (χ0v) is 12.1. The van der Waals surface area contributed by atoms with Crippen molar-refractivity contribution in [1.29, 1.82) is 0 Å². The SMILES string of the molecule is Fc1cnc(N2CCO[C@@H]3CN(Cc4ccoc4)C[C@@H]32)nc1. The van der Waals surface area contributed by atoms with Crippen molar-refractivity contribution in [1.82, 2.24) is 14.9 Å². The minimum atomic E-state index is -0.415. The van der Waals surface area contributed by atoms with Crippen LogP contribution in [0.15, 0.2) is 35.4 Å². The van der Waals surface area contributed by atoms with Gasteiger partial charge in [-0.2, -0.15) is 0 Å². The predicted molar refractivity (Wildman–Crippen MR) is 76.8 cm³/mol. The maximum Gasteiger partial charge on any atom is 0.225 e. The standard InChI is InChI=1S/C15H17FN4O2/c16-12-5-17-15(18-6-12)20-2-4-22-14-9-19(8-13(14)20)7-11-1-3-21-10-11/h1,3,5-6,10,13-14H,2,4,7-9H2/t13-,14+/m0/s1. The molecule has 22 heavy (non-hydrogen) atoms.